The summed E-state index contributed by atoms with van der Waals surface area (Å²) in [6.07, 6.45) is 78.2. The summed E-state index contributed by atoms with van der Waals surface area (Å²) < 4.78 is 0. The molecule has 1 heteroatoms. The fourth-order valence-electron chi connectivity index (χ4n) is 10.3. The van der Waals surface area contributed by atoms with Crippen molar-refractivity contribution in [3.05, 3.63) is 29.1 Å². The largest absolute Gasteiger partial charge is 0.258 e. The molecule has 0 unspecified atom stereocenters. The molecule has 1 aromatic rings. The van der Waals surface area contributed by atoms with E-state index in [2.05, 4.69) is 32.9 Å². The van der Waals surface area contributed by atoms with Crippen molar-refractivity contribution >= 4 is 0 Å². The lowest BCUT2D eigenvalue weighted by molar-refractivity contribution is 0.515. The molecule has 0 aromatic carbocycles. The van der Waals surface area contributed by atoms with E-state index in [-0.39, 0.29) is 0 Å². The van der Waals surface area contributed by atoms with Gasteiger partial charge < -0.3 is 0 Å². The monoisotopic (exact) mass is 878 g/mol. The minimum absolute atomic E-state index is 1.17. The van der Waals surface area contributed by atoms with E-state index in [1.807, 2.05) is 0 Å². The van der Waals surface area contributed by atoms with Crippen molar-refractivity contribution < 1.29 is 0 Å². The van der Waals surface area contributed by atoms with Gasteiger partial charge in [-0.15, -0.1) is 0 Å². The van der Waals surface area contributed by atoms with Gasteiger partial charge in [-0.05, 0) is 50.3 Å². The summed E-state index contributed by atoms with van der Waals surface area (Å²) in [6.45, 7) is 6.90. The maximum absolute atomic E-state index is 5.10. The van der Waals surface area contributed by atoms with Crippen LogP contribution in [-0.4, -0.2) is 4.98 Å². The number of hydrogen-bond acceptors (Lipinski definition) is 1. The molecule has 0 radical (unpaired) electrons. The number of nitrogens with zero attached hydrogens (tertiary/aromatic N) is 1. The second-order valence-electron chi connectivity index (χ2n) is 21.3. The molecule has 63 heavy (non-hydrogen) atoms. The van der Waals surface area contributed by atoms with E-state index in [0.717, 1.165) is 0 Å². The van der Waals surface area contributed by atoms with Crippen LogP contribution in [0.5, 0.6) is 0 Å². The van der Waals surface area contributed by atoms with E-state index in [0.29, 0.717) is 0 Å². The number of rotatable bonds is 54. The molecule has 0 N–H and O–H groups in total. The molecule has 0 atom stereocenters. The smallest absolute Gasteiger partial charge is 0.0409 e. The molecule has 1 nitrogen and oxygen atoms in total. The van der Waals surface area contributed by atoms with Gasteiger partial charge in [0.1, 0.15) is 0 Å². The maximum atomic E-state index is 5.10. The van der Waals surface area contributed by atoms with E-state index in [1.165, 1.54) is 364 Å². The highest BCUT2D eigenvalue weighted by Crippen LogP contribution is 2.19. The minimum Gasteiger partial charge on any atom is -0.258 e. The molecule has 0 aliphatic rings. The van der Waals surface area contributed by atoms with Crippen LogP contribution in [0.3, 0.4) is 0 Å². The predicted molar refractivity (Wildman–Crippen MR) is 288 cm³/mol. The van der Waals surface area contributed by atoms with Crippen LogP contribution in [-0.2, 0) is 12.8 Å². The van der Waals surface area contributed by atoms with Crippen molar-refractivity contribution in [1.82, 2.24) is 4.98 Å². The molecule has 0 bridgehead atoms. The lowest BCUT2D eigenvalue weighted by Gasteiger charge is -2.08. The molecule has 1 rings (SSSR count). The Labute approximate surface area is 399 Å². The van der Waals surface area contributed by atoms with Gasteiger partial charge >= 0.3 is 0 Å². The highest BCUT2D eigenvalue weighted by molar-refractivity contribution is 5.20. The number of hydrogen-bond donors (Lipinski definition) is 0. The zero-order valence-corrected chi connectivity index (χ0v) is 44.3. The first-order chi connectivity index (χ1) is 31.3. The number of pyridine rings is 1. The lowest BCUT2D eigenvalue weighted by atomic mass is 10.0. The number of aryl methyl sites for hydroxylation is 3. The topological polar surface area (TPSA) is 12.9 Å². The van der Waals surface area contributed by atoms with Crippen LogP contribution < -0.4 is 0 Å². The van der Waals surface area contributed by atoms with Crippen LogP contribution in [0.2, 0.25) is 0 Å². The van der Waals surface area contributed by atoms with Crippen LogP contribution in [0.1, 0.15) is 365 Å². The highest BCUT2D eigenvalue weighted by atomic mass is 14.7. The third kappa shape index (κ3) is 47.4. The van der Waals surface area contributed by atoms with Crippen molar-refractivity contribution in [3.8, 4) is 0 Å². The lowest BCUT2D eigenvalue weighted by Crippen LogP contribution is -1.98. The van der Waals surface area contributed by atoms with Gasteiger partial charge in [0.25, 0.3) is 0 Å². The first-order valence-electron chi connectivity index (χ1n) is 30.2. The van der Waals surface area contributed by atoms with Crippen LogP contribution in [0.4, 0.5) is 0 Å². The standard InChI is InChI=1S/C62H119N/c1-4-6-8-10-12-14-16-18-20-22-24-26-28-30-32-34-36-38-40-42-44-46-48-50-52-54-56-61-58-60(3)59-62(63-61)57-55-53-51-49-47-45-43-41-39-37-35-33-31-29-27-25-23-21-19-17-15-13-11-9-7-5-2/h58-59H,4-57H2,1-3H3. The molecular formula is C62H119N. The molecule has 0 spiro atoms. The Kier molecular flexibility index (Phi) is 49.8. The van der Waals surface area contributed by atoms with E-state index >= 15 is 0 Å². The van der Waals surface area contributed by atoms with E-state index in [9.17, 15) is 0 Å². The minimum atomic E-state index is 1.17. The Bertz CT molecular complexity index is 907. The van der Waals surface area contributed by atoms with Crippen molar-refractivity contribution in [2.24, 2.45) is 0 Å². The van der Waals surface area contributed by atoms with Crippen molar-refractivity contribution in [2.75, 3.05) is 0 Å². The number of aromatic nitrogens is 1. The summed E-state index contributed by atoms with van der Waals surface area (Å²) in [5.41, 5.74) is 4.12. The highest BCUT2D eigenvalue weighted by Gasteiger charge is 2.04. The zero-order valence-electron chi connectivity index (χ0n) is 44.3. The number of unbranched alkanes of at least 4 members (excludes halogenated alkanes) is 50. The third-order valence-corrected chi connectivity index (χ3v) is 14.6. The summed E-state index contributed by atoms with van der Waals surface area (Å²) in [6, 6.07) is 4.70. The van der Waals surface area contributed by atoms with Gasteiger partial charge in [-0.2, -0.15) is 0 Å². The van der Waals surface area contributed by atoms with Crippen molar-refractivity contribution in [3.63, 3.8) is 0 Å². The Morgan fingerprint density at radius 1 is 0.222 bits per heavy atom. The molecule has 0 fully saturated rings. The molecule has 372 valence electrons. The summed E-state index contributed by atoms with van der Waals surface area (Å²) in [7, 11) is 0. The molecule has 0 saturated heterocycles. The molecule has 0 saturated carbocycles. The Morgan fingerprint density at radius 3 is 0.524 bits per heavy atom. The Morgan fingerprint density at radius 2 is 0.365 bits per heavy atom. The molecule has 0 amide bonds. The van der Waals surface area contributed by atoms with Crippen molar-refractivity contribution in [2.45, 2.75) is 367 Å². The van der Waals surface area contributed by atoms with Crippen LogP contribution in [0, 0.1) is 6.92 Å². The van der Waals surface area contributed by atoms with Gasteiger partial charge in [0, 0.05) is 11.4 Å². The summed E-state index contributed by atoms with van der Waals surface area (Å²) >= 11 is 0. The van der Waals surface area contributed by atoms with Gasteiger partial charge in [0.15, 0.2) is 0 Å². The molecule has 0 aliphatic carbocycles. The van der Waals surface area contributed by atoms with Crippen molar-refractivity contribution in [1.29, 1.82) is 0 Å². The Hall–Kier alpha value is -0.850. The van der Waals surface area contributed by atoms with E-state index in [1.54, 1.807) is 0 Å². The average Bonchev–Trinajstić information content (AvgIpc) is 3.28. The molecule has 1 heterocycles. The fraction of sp³-hybridized carbons (Fsp3) is 0.919. The van der Waals surface area contributed by atoms with Crippen LogP contribution in [0.25, 0.3) is 0 Å². The molecule has 1 aromatic heterocycles. The maximum Gasteiger partial charge on any atom is 0.0409 e. The summed E-state index contributed by atoms with van der Waals surface area (Å²) in [5, 5.41) is 0. The van der Waals surface area contributed by atoms with E-state index < -0.39 is 0 Å². The average molecular weight is 879 g/mol. The van der Waals surface area contributed by atoms with E-state index in [4.69, 9.17) is 4.98 Å². The van der Waals surface area contributed by atoms with Crippen LogP contribution in [0.15, 0.2) is 12.1 Å². The molecular weight excluding hydrogens is 759 g/mol. The summed E-state index contributed by atoms with van der Waals surface area (Å²) in [5.74, 6) is 0. The first kappa shape index (κ1) is 60.2. The Balaban J connectivity index is 1.79. The predicted octanol–water partition coefficient (Wildman–Crippen LogP) is 22.8. The fourth-order valence-corrected chi connectivity index (χ4v) is 10.3. The van der Waals surface area contributed by atoms with Gasteiger partial charge in [-0.3, -0.25) is 4.98 Å². The normalized spacial score (nSPS) is 11.7. The first-order valence-corrected chi connectivity index (χ1v) is 30.2. The molecule has 0 aliphatic heterocycles. The van der Waals surface area contributed by atoms with Gasteiger partial charge in [0.05, 0.1) is 0 Å². The zero-order chi connectivity index (χ0) is 45.0. The van der Waals surface area contributed by atoms with Crippen LogP contribution >= 0.6 is 0 Å². The third-order valence-electron chi connectivity index (χ3n) is 14.6. The SMILES string of the molecule is CCCCCCCCCCCCCCCCCCCCCCCCCCCCc1cc(C)cc(CCCCCCCCCCCCCCCCCCCCCCCCCCCC)n1. The van der Waals surface area contributed by atoms with Gasteiger partial charge in [-0.1, -0.05) is 335 Å². The van der Waals surface area contributed by atoms with Gasteiger partial charge in [-0.25, -0.2) is 0 Å². The van der Waals surface area contributed by atoms with Gasteiger partial charge in [0.2, 0.25) is 0 Å². The second-order valence-corrected chi connectivity index (χ2v) is 21.3. The summed E-state index contributed by atoms with van der Waals surface area (Å²) in [4.78, 5) is 5.10. The second kappa shape index (κ2) is 52.1. The quantitative estimate of drug-likeness (QED) is 0.0594.